The number of hydrogen-bond acceptors (Lipinski definition) is 4. The molecule has 0 saturated heterocycles. The molecule has 166 valence electrons. The second kappa shape index (κ2) is 7.89. The van der Waals surface area contributed by atoms with E-state index in [-0.39, 0.29) is 17.9 Å². The quantitative estimate of drug-likeness (QED) is 0.629. The van der Waals surface area contributed by atoms with Crippen LogP contribution in [0.4, 0.5) is 5.69 Å². The maximum absolute atomic E-state index is 13.9. The standard InChI is InChI=1S/C25H28N4O2S/c1-16-11-17(2)13-19(12-16)29-23(30)21-14-20(22-9-6-10-32-22)27-28(21)15-25(29,3)24(31)26-18-7-4-5-8-18/h6,9-14,18H,4-5,7-8,15H2,1-3H3,(H,26,31)/t25-/m1/s1. The van der Waals surface area contributed by atoms with Gasteiger partial charge < -0.3 is 5.32 Å². The fourth-order valence-corrected chi connectivity index (χ4v) is 5.70. The van der Waals surface area contributed by atoms with Crippen LogP contribution in [0.3, 0.4) is 0 Å². The fourth-order valence-electron chi connectivity index (χ4n) is 5.02. The Hall–Kier alpha value is -2.93. The number of amides is 2. The topological polar surface area (TPSA) is 67.2 Å². The second-order valence-corrected chi connectivity index (χ2v) is 10.2. The van der Waals surface area contributed by atoms with E-state index in [1.165, 1.54) is 0 Å². The molecule has 0 radical (unpaired) electrons. The highest BCUT2D eigenvalue weighted by molar-refractivity contribution is 7.13. The molecule has 5 rings (SSSR count). The minimum atomic E-state index is -1.08. The molecule has 2 aliphatic rings. The van der Waals surface area contributed by atoms with Gasteiger partial charge in [0.25, 0.3) is 5.91 Å². The average molecular weight is 449 g/mol. The summed E-state index contributed by atoms with van der Waals surface area (Å²) in [6.45, 7) is 6.20. The van der Waals surface area contributed by atoms with Gasteiger partial charge in [0.05, 0.1) is 11.4 Å². The van der Waals surface area contributed by atoms with Crippen LogP contribution in [0.15, 0.2) is 41.8 Å². The van der Waals surface area contributed by atoms with Crippen LogP contribution < -0.4 is 10.2 Å². The van der Waals surface area contributed by atoms with E-state index in [9.17, 15) is 9.59 Å². The molecule has 3 heterocycles. The zero-order chi connectivity index (χ0) is 22.5. The Morgan fingerprint density at radius 1 is 1.16 bits per heavy atom. The van der Waals surface area contributed by atoms with Gasteiger partial charge in [-0.15, -0.1) is 11.3 Å². The molecular formula is C25H28N4O2S. The molecule has 0 bridgehead atoms. The monoisotopic (exact) mass is 448 g/mol. The largest absolute Gasteiger partial charge is 0.351 e. The third kappa shape index (κ3) is 3.54. The van der Waals surface area contributed by atoms with Crippen molar-refractivity contribution in [1.29, 1.82) is 0 Å². The minimum Gasteiger partial charge on any atom is -0.351 e. The van der Waals surface area contributed by atoms with Gasteiger partial charge in [-0.1, -0.05) is 25.0 Å². The molecule has 6 nitrogen and oxygen atoms in total. The van der Waals surface area contributed by atoms with Gasteiger partial charge in [-0.2, -0.15) is 5.10 Å². The Bertz CT molecular complexity index is 1160. The van der Waals surface area contributed by atoms with Crippen molar-refractivity contribution in [3.63, 3.8) is 0 Å². The highest BCUT2D eigenvalue weighted by Gasteiger charge is 2.49. The summed E-state index contributed by atoms with van der Waals surface area (Å²) in [4.78, 5) is 30.2. The first-order chi connectivity index (χ1) is 15.3. The van der Waals surface area contributed by atoms with E-state index in [0.717, 1.165) is 53.1 Å². The lowest BCUT2D eigenvalue weighted by Crippen LogP contribution is -2.65. The van der Waals surface area contributed by atoms with E-state index in [4.69, 9.17) is 5.10 Å². The molecule has 2 aromatic heterocycles. The van der Waals surface area contributed by atoms with Crippen molar-refractivity contribution in [1.82, 2.24) is 15.1 Å². The van der Waals surface area contributed by atoms with Crippen molar-refractivity contribution < 1.29 is 9.59 Å². The number of hydrogen-bond donors (Lipinski definition) is 1. The predicted molar refractivity (Wildman–Crippen MR) is 127 cm³/mol. The highest BCUT2D eigenvalue weighted by atomic mass is 32.1. The number of aryl methyl sites for hydroxylation is 2. The van der Waals surface area contributed by atoms with E-state index >= 15 is 0 Å². The number of aromatic nitrogens is 2. The molecule has 2 amide bonds. The van der Waals surface area contributed by atoms with Gasteiger partial charge in [0, 0.05) is 11.7 Å². The maximum Gasteiger partial charge on any atom is 0.277 e. The fraction of sp³-hybridized carbons (Fsp3) is 0.400. The zero-order valence-electron chi connectivity index (χ0n) is 18.7. The molecule has 32 heavy (non-hydrogen) atoms. The number of benzene rings is 1. The Labute approximate surface area is 192 Å². The van der Waals surface area contributed by atoms with E-state index in [1.54, 1.807) is 20.9 Å². The Kier molecular flexibility index (Phi) is 5.16. The third-order valence-corrected chi connectivity index (χ3v) is 7.46. The van der Waals surface area contributed by atoms with E-state index < -0.39 is 5.54 Å². The van der Waals surface area contributed by atoms with Crippen LogP contribution in [0, 0.1) is 13.8 Å². The van der Waals surface area contributed by atoms with Crippen LogP contribution in [0.5, 0.6) is 0 Å². The molecule has 1 atom stereocenters. The second-order valence-electron chi connectivity index (χ2n) is 9.26. The van der Waals surface area contributed by atoms with Crippen LogP contribution >= 0.6 is 11.3 Å². The van der Waals surface area contributed by atoms with Crippen LogP contribution in [-0.2, 0) is 11.3 Å². The molecule has 3 aromatic rings. The number of fused-ring (bicyclic) bond motifs is 1. The summed E-state index contributed by atoms with van der Waals surface area (Å²) in [5.41, 5.74) is 3.07. The number of anilines is 1. The predicted octanol–water partition coefficient (Wildman–Crippen LogP) is 4.71. The van der Waals surface area contributed by atoms with Gasteiger partial charge in [-0.25, -0.2) is 0 Å². The van der Waals surface area contributed by atoms with E-state index in [1.807, 2.05) is 56.5 Å². The number of carbonyl (C=O) groups is 2. The Morgan fingerprint density at radius 2 is 1.88 bits per heavy atom. The van der Waals surface area contributed by atoms with Crippen molar-refractivity contribution in [2.45, 2.75) is 64.6 Å². The summed E-state index contributed by atoms with van der Waals surface area (Å²) in [7, 11) is 0. The van der Waals surface area contributed by atoms with E-state index in [2.05, 4.69) is 11.4 Å². The number of rotatable bonds is 4. The van der Waals surface area contributed by atoms with Crippen molar-refractivity contribution in [2.24, 2.45) is 0 Å². The van der Waals surface area contributed by atoms with Crippen LogP contribution in [0.2, 0.25) is 0 Å². The van der Waals surface area contributed by atoms with Gasteiger partial charge in [-0.05, 0) is 74.4 Å². The first kappa shape index (κ1) is 20.9. The molecule has 1 fully saturated rings. The van der Waals surface area contributed by atoms with Gasteiger partial charge >= 0.3 is 0 Å². The summed E-state index contributed by atoms with van der Waals surface area (Å²) in [5, 5.41) is 9.94. The van der Waals surface area contributed by atoms with E-state index in [0.29, 0.717) is 12.2 Å². The summed E-state index contributed by atoms with van der Waals surface area (Å²) < 4.78 is 1.71. The lowest BCUT2D eigenvalue weighted by Gasteiger charge is -2.43. The molecule has 1 saturated carbocycles. The number of nitrogens with zero attached hydrogens (tertiary/aromatic N) is 3. The summed E-state index contributed by atoms with van der Waals surface area (Å²) >= 11 is 1.59. The molecule has 7 heteroatoms. The SMILES string of the molecule is Cc1cc(C)cc(N2C(=O)c3cc(-c4cccs4)nn3C[C@]2(C)C(=O)NC2CCCC2)c1. The maximum atomic E-state index is 13.9. The third-order valence-electron chi connectivity index (χ3n) is 6.57. The average Bonchev–Trinajstić information content (AvgIpc) is 3.48. The molecule has 0 unspecified atom stereocenters. The van der Waals surface area contributed by atoms with Gasteiger partial charge in [0.2, 0.25) is 5.91 Å². The van der Waals surface area contributed by atoms with Crippen LogP contribution in [0.1, 0.15) is 54.2 Å². The Balaban J connectivity index is 1.60. The number of carbonyl (C=O) groups excluding carboxylic acids is 2. The highest BCUT2D eigenvalue weighted by Crippen LogP contribution is 2.36. The van der Waals surface area contributed by atoms with Gasteiger partial charge in [0.1, 0.15) is 16.9 Å². The summed E-state index contributed by atoms with van der Waals surface area (Å²) in [5.74, 6) is -0.309. The summed E-state index contributed by atoms with van der Waals surface area (Å²) in [6, 6.07) is 12.0. The lowest BCUT2D eigenvalue weighted by molar-refractivity contribution is -0.127. The summed E-state index contributed by atoms with van der Waals surface area (Å²) in [6.07, 6.45) is 4.26. The van der Waals surface area contributed by atoms with Crippen molar-refractivity contribution in [3.05, 3.63) is 58.6 Å². The first-order valence-corrected chi connectivity index (χ1v) is 12.1. The normalized spacial score (nSPS) is 21.1. The van der Waals surface area contributed by atoms with Crippen LogP contribution in [0.25, 0.3) is 10.6 Å². The lowest BCUT2D eigenvalue weighted by atomic mass is 9.93. The number of thiophene rings is 1. The van der Waals surface area contributed by atoms with Crippen molar-refractivity contribution in [2.75, 3.05) is 4.90 Å². The first-order valence-electron chi connectivity index (χ1n) is 11.2. The molecule has 1 aliphatic carbocycles. The molecule has 0 spiro atoms. The number of nitrogens with one attached hydrogen (secondary N) is 1. The van der Waals surface area contributed by atoms with Gasteiger partial charge in [0.15, 0.2) is 0 Å². The zero-order valence-corrected chi connectivity index (χ0v) is 19.5. The molecule has 1 N–H and O–H groups in total. The molecule has 1 aromatic carbocycles. The van der Waals surface area contributed by atoms with Crippen molar-refractivity contribution >= 4 is 28.8 Å². The smallest absolute Gasteiger partial charge is 0.277 e. The van der Waals surface area contributed by atoms with Crippen molar-refractivity contribution in [3.8, 4) is 10.6 Å². The minimum absolute atomic E-state index is 0.115. The van der Waals surface area contributed by atoms with Gasteiger partial charge in [-0.3, -0.25) is 19.2 Å². The van der Waals surface area contributed by atoms with Crippen LogP contribution in [-0.4, -0.2) is 33.2 Å². The Morgan fingerprint density at radius 3 is 2.53 bits per heavy atom. The molecular weight excluding hydrogens is 420 g/mol. The molecule has 1 aliphatic heterocycles.